The second kappa shape index (κ2) is 6.15. The van der Waals surface area contributed by atoms with Gasteiger partial charge in [-0.3, -0.25) is 0 Å². The lowest BCUT2D eigenvalue weighted by molar-refractivity contribution is -0.304. The van der Waals surface area contributed by atoms with E-state index in [1.165, 1.54) is 0 Å². The monoisotopic (exact) mass is 275 g/mol. The fourth-order valence-corrected chi connectivity index (χ4v) is 2.26. The van der Waals surface area contributed by atoms with E-state index in [2.05, 4.69) is 0 Å². The summed E-state index contributed by atoms with van der Waals surface area (Å²) in [5, 5.41) is 10.4. The molecule has 4 nitrogen and oxygen atoms in total. The Morgan fingerprint density at radius 3 is 2.26 bits per heavy atom. The van der Waals surface area contributed by atoms with Crippen LogP contribution in [0.1, 0.15) is 5.56 Å². The van der Waals surface area contributed by atoms with Crippen molar-refractivity contribution in [1.29, 1.82) is 0 Å². The van der Waals surface area contributed by atoms with E-state index in [4.69, 9.17) is 4.18 Å². The van der Waals surface area contributed by atoms with Gasteiger partial charge in [0.25, 0.3) is 0 Å². The SMILES string of the molecule is O=C([O-])Cc1ccc(OS(=O)c2ccccc2)cc1. The lowest BCUT2D eigenvalue weighted by atomic mass is 10.1. The number of rotatable bonds is 5. The summed E-state index contributed by atoms with van der Waals surface area (Å²) in [6, 6.07) is 15.2. The Balaban J connectivity index is 2.04. The average molecular weight is 275 g/mol. The predicted molar refractivity (Wildman–Crippen MR) is 68.6 cm³/mol. The van der Waals surface area contributed by atoms with Crippen LogP contribution in [-0.4, -0.2) is 10.2 Å². The molecule has 0 fully saturated rings. The van der Waals surface area contributed by atoms with Gasteiger partial charge in [-0.25, -0.2) is 4.21 Å². The molecule has 0 aliphatic heterocycles. The van der Waals surface area contributed by atoms with E-state index in [1.807, 2.05) is 6.07 Å². The zero-order valence-corrected chi connectivity index (χ0v) is 10.8. The van der Waals surface area contributed by atoms with Gasteiger partial charge in [0, 0.05) is 12.4 Å². The zero-order valence-electron chi connectivity index (χ0n) is 9.94. The van der Waals surface area contributed by atoms with Crippen LogP contribution in [0.2, 0.25) is 0 Å². The Bertz CT molecular complexity index is 578. The summed E-state index contributed by atoms with van der Waals surface area (Å²) in [4.78, 5) is 11.0. The van der Waals surface area contributed by atoms with Crippen LogP contribution in [0.15, 0.2) is 59.5 Å². The first kappa shape index (κ1) is 13.3. The molecule has 0 amide bonds. The van der Waals surface area contributed by atoms with E-state index < -0.39 is 17.0 Å². The summed E-state index contributed by atoms with van der Waals surface area (Å²) in [5.41, 5.74) is 0.609. The number of carboxylic acid groups (broad SMARTS) is 1. The van der Waals surface area contributed by atoms with Crippen LogP contribution in [0.3, 0.4) is 0 Å². The second-order valence-corrected chi connectivity index (χ2v) is 4.93. The van der Waals surface area contributed by atoms with Crippen molar-refractivity contribution in [3.05, 3.63) is 60.2 Å². The molecular formula is C14H11O4S-. The molecule has 0 saturated heterocycles. The molecule has 5 heteroatoms. The molecule has 1 unspecified atom stereocenters. The molecule has 0 bridgehead atoms. The summed E-state index contributed by atoms with van der Waals surface area (Å²) in [6.45, 7) is 0. The van der Waals surface area contributed by atoms with Crippen LogP contribution in [0.25, 0.3) is 0 Å². The van der Waals surface area contributed by atoms with E-state index in [0.29, 0.717) is 16.2 Å². The van der Waals surface area contributed by atoms with Gasteiger partial charge in [-0.15, -0.1) is 0 Å². The Labute approximate surface area is 113 Å². The molecule has 2 rings (SSSR count). The summed E-state index contributed by atoms with van der Waals surface area (Å²) >= 11 is -1.58. The van der Waals surface area contributed by atoms with Gasteiger partial charge in [0.2, 0.25) is 11.1 Å². The topological polar surface area (TPSA) is 66.4 Å². The van der Waals surface area contributed by atoms with Crippen LogP contribution >= 0.6 is 0 Å². The highest BCUT2D eigenvalue weighted by atomic mass is 32.2. The molecule has 0 N–H and O–H groups in total. The summed E-state index contributed by atoms with van der Waals surface area (Å²) in [6.07, 6.45) is -0.151. The number of aliphatic carboxylic acids is 1. The highest BCUT2D eigenvalue weighted by Gasteiger charge is 2.05. The molecule has 2 aromatic rings. The van der Waals surface area contributed by atoms with Crippen molar-refractivity contribution in [2.45, 2.75) is 11.3 Å². The average Bonchev–Trinajstić information content (AvgIpc) is 2.41. The maximum absolute atomic E-state index is 11.9. The Morgan fingerprint density at radius 2 is 1.68 bits per heavy atom. The fourth-order valence-electron chi connectivity index (χ4n) is 1.50. The first-order valence-corrected chi connectivity index (χ1v) is 6.66. The Kier molecular flexibility index (Phi) is 4.30. The van der Waals surface area contributed by atoms with E-state index in [0.717, 1.165) is 0 Å². The van der Waals surface area contributed by atoms with Crippen molar-refractivity contribution in [3.8, 4) is 5.75 Å². The zero-order chi connectivity index (χ0) is 13.7. The summed E-state index contributed by atoms with van der Waals surface area (Å²) in [5.74, 6) is -0.717. The van der Waals surface area contributed by atoms with Gasteiger partial charge < -0.3 is 14.1 Å². The Morgan fingerprint density at radius 1 is 1.05 bits per heavy atom. The number of carbonyl (C=O) groups is 1. The van der Waals surface area contributed by atoms with Gasteiger partial charge in [0.1, 0.15) is 5.75 Å². The van der Waals surface area contributed by atoms with Crippen LogP contribution < -0.4 is 9.29 Å². The van der Waals surface area contributed by atoms with E-state index in [9.17, 15) is 14.1 Å². The molecule has 0 aliphatic carbocycles. The minimum Gasteiger partial charge on any atom is -0.550 e. The molecular weight excluding hydrogens is 264 g/mol. The van der Waals surface area contributed by atoms with Gasteiger partial charge in [0.15, 0.2) is 0 Å². The molecule has 2 aromatic carbocycles. The normalized spacial score (nSPS) is 11.8. The molecule has 0 spiro atoms. The highest BCUT2D eigenvalue weighted by molar-refractivity contribution is 7.80. The largest absolute Gasteiger partial charge is 0.550 e. The van der Waals surface area contributed by atoms with Crippen LogP contribution in [0.5, 0.6) is 5.75 Å². The maximum atomic E-state index is 11.9. The molecule has 0 radical (unpaired) electrons. The van der Waals surface area contributed by atoms with E-state index in [-0.39, 0.29) is 6.42 Å². The number of carbonyl (C=O) groups excluding carboxylic acids is 1. The van der Waals surface area contributed by atoms with Crippen LogP contribution in [0, 0.1) is 0 Å². The van der Waals surface area contributed by atoms with E-state index >= 15 is 0 Å². The minimum absolute atomic E-state index is 0.151. The summed E-state index contributed by atoms with van der Waals surface area (Å²) < 4.78 is 17.1. The van der Waals surface area contributed by atoms with Crippen molar-refractivity contribution in [2.24, 2.45) is 0 Å². The number of hydrogen-bond donors (Lipinski definition) is 0. The van der Waals surface area contributed by atoms with Crippen molar-refractivity contribution in [3.63, 3.8) is 0 Å². The molecule has 0 aliphatic rings. The lowest BCUT2D eigenvalue weighted by Gasteiger charge is -2.06. The molecule has 0 aromatic heterocycles. The lowest BCUT2D eigenvalue weighted by Crippen LogP contribution is -2.24. The van der Waals surface area contributed by atoms with Gasteiger partial charge in [-0.2, -0.15) is 0 Å². The smallest absolute Gasteiger partial charge is 0.240 e. The van der Waals surface area contributed by atoms with Crippen LogP contribution in [0.4, 0.5) is 0 Å². The quantitative estimate of drug-likeness (QED) is 0.819. The van der Waals surface area contributed by atoms with Crippen molar-refractivity contribution in [2.75, 3.05) is 0 Å². The van der Waals surface area contributed by atoms with Crippen molar-refractivity contribution in [1.82, 2.24) is 0 Å². The molecule has 19 heavy (non-hydrogen) atoms. The van der Waals surface area contributed by atoms with Gasteiger partial charge in [-0.1, -0.05) is 30.3 Å². The molecule has 1 atom stereocenters. The maximum Gasteiger partial charge on any atom is 0.240 e. The second-order valence-electron chi connectivity index (χ2n) is 3.82. The number of hydrogen-bond acceptors (Lipinski definition) is 4. The van der Waals surface area contributed by atoms with Crippen LogP contribution in [-0.2, 0) is 22.3 Å². The third kappa shape index (κ3) is 3.93. The minimum atomic E-state index is -1.58. The standard InChI is InChI=1S/C14H12O4S/c15-14(16)10-11-6-8-12(9-7-11)18-19(17)13-4-2-1-3-5-13/h1-9H,10H2,(H,15,16)/p-1. The predicted octanol–water partition coefficient (Wildman–Crippen LogP) is 1.08. The molecule has 0 heterocycles. The molecule has 98 valence electrons. The van der Waals surface area contributed by atoms with Crippen molar-refractivity contribution >= 4 is 17.0 Å². The first-order chi connectivity index (χ1) is 9.15. The summed E-state index contributed by atoms with van der Waals surface area (Å²) in [7, 11) is 0. The fraction of sp³-hybridized carbons (Fsp3) is 0.0714. The third-order valence-corrected chi connectivity index (χ3v) is 3.38. The number of carboxylic acids is 1. The first-order valence-electron chi connectivity index (χ1n) is 5.59. The van der Waals surface area contributed by atoms with Gasteiger partial charge in [0.05, 0.1) is 4.90 Å². The van der Waals surface area contributed by atoms with Crippen molar-refractivity contribution < 1.29 is 18.3 Å². The Hall–Kier alpha value is -2.14. The third-order valence-electron chi connectivity index (χ3n) is 2.38. The van der Waals surface area contributed by atoms with Gasteiger partial charge in [-0.05, 0) is 29.8 Å². The highest BCUT2D eigenvalue weighted by Crippen LogP contribution is 2.16. The van der Waals surface area contributed by atoms with E-state index in [1.54, 1.807) is 48.5 Å². The van der Waals surface area contributed by atoms with Gasteiger partial charge >= 0.3 is 0 Å². The number of benzene rings is 2. The molecule has 0 saturated carbocycles.